The number of benzene rings is 4. The third kappa shape index (κ3) is 5.79. The minimum atomic E-state index is -1.44. The first-order chi connectivity index (χ1) is 20.5. The van der Waals surface area contributed by atoms with Gasteiger partial charge < -0.3 is 20.8 Å². The molecule has 0 fully saturated rings. The molecule has 214 valence electrons. The summed E-state index contributed by atoms with van der Waals surface area (Å²) >= 11 is 1.22. The summed E-state index contributed by atoms with van der Waals surface area (Å²) in [6, 6.07) is 21.0. The summed E-state index contributed by atoms with van der Waals surface area (Å²) in [5, 5.41) is 23.3. The van der Waals surface area contributed by atoms with E-state index in [4.69, 9.17) is 5.11 Å². The molecule has 0 aliphatic heterocycles. The number of rotatable bonds is 8. The van der Waals surface area contributed by atoms with Gasteiger partial charge in [-0.2, -0.15) is 0 Å². The second kappa shape index (κ2) is 11.7. The van der Waals surface area contributed by atoms with Crippen molar-refractivity contribution in [2.45, 2.75) is 17.1 Å². The van der Waals surface area contributed by atoms with Crippen LogP contribution in [0, 0.1) is 0 Å². The van der Waals surface area contributed by atoms with Crippen LogP contribution in [0.3, 0.4) is 0 Å². The first-order valence-electron chi connectivity index (χ1n) is 12.9. The topological polar surface area (TPSA) is 167 Å². The summed E-state index contributed by atoms with van der Waals surface area (Å²) in [6.45, 7) is 1.68. The molecular formula is C32H22N2O8S. The normalized spacial score (nSPS) is 12.5. The molecule has 4 aromatic carbocycles. The molecule has 0 heterocycles. The van der Waals surface area contributed by atoms with Gasteiger partial charge in [-0.05, 0) is 55.5 Å². The average Bonchev–Trinajstić information content (AvgIpc) is 3.00. The molecule has 1 aliphatic rings. The van der Waals surface area contributed by atoms with Gasteiger partial charge in [0.05, 0.1) is 33.2 Å². The zero-order valence-electron chi connectivity index (χ0n) is 22.4. The fraction of sp³-hybridized carbons (Fsp3) is 0.0625. The Labute approximate surface area is 248 Å². The minimum absolute atomic E-state index is 0.153. The molecule has 1 atom stereocenters. The number of aromatic carboxylic acids is 2. The highest BCUT2D eigenvalue weighted by atomic mass is 32.2. The summed E-state index contributed by atoms with van der Waals surface area (Å²) in [5.41, 5.74) is 0.687. The molecule has 4 N–H and O–H groups in total. The van der Waals surface area contributed by atoms with Gasteiger partial charge in [-0.3, -0.25) is 19.2 Å². The highest BCUT2D eigenvalue weighted by Gasteiger charge is 2.32. The van der Waals surface area contributed by atoms with Crippen molar-refractivity contribution in [1.29, 1.82) is 0 Å². The Kier molecular flexibility index (Phi) is 7.91. The lowest BCUT2D eigenvalue weighted by Gasteiger charge is -2.21. The molecule has 0 aromatic heterocycles. The van der Waals surface area contributed by atoms with Gasteiger partial charge in [-0.15, -0.1) is 11.8 Å². The molecule has 10 nitrogen and oxygen atoms in total. The summed E-state index contributed by atoms with van der Waals surface area (Å²) < 4.78 is 0. The van der Waals surface area contributed by atoms with Crippen molar-refractivity contribution in [3.63, 3.8) is 0 Å². The summed E-state index contributed by atoms with van der Waals surface area (Å²) in [7, 11) is 0. The van der Waals surface area contributed by atoms with E-state index in [2.05, 4.69) is 10.6 Å². The smallest absolute Gasteiger partial charge is 0.336 e. The van der Waals surface area contributed by atoms with Crippen LogP contribution in [0.4, 0.5) is 11.4 Å². The Balaban J connectivity index is 1.26. The fourth-order valence-electron chi connectivity index (χ4n) is 4.61. The van der Waals surface area contributed by atoms with Crippen molar-refractivity contribution in [2.75, 3.05) is 10.6 Å². The number of fused-ring (bicyclic) bond motifs is 2. The van der Waals surface area contributed by atoms with Crippen LogP contribution in [-0.2, 0) is 4.79 Å². The summed E-state index contributed by atoms with van der Waals surface area (Å²) in [5.74, 6) is -4.50. The SMILES string of the molecule is CC(Sc1ccc(NC(=O)c2ccc(C(=O)O)cc2C(=O)O)cc1)C(=O)Nc1cccc2c1C(=O)c1ccccc1C2=O. The molecule has 4 aromatic rings. The van der Waals surface area contributed by atoms with E-state index in [-0.39, 0.29) is 51.0 Å². The number of carbonyl (C=O) groups excluding carboxylic acids is 4. The van der Waals surface area contributed by atoms with Gasteiger partial charge in [0.1, 0.15) is 0 Å². The van der Waals surface area contributed by atoms with Crippen LogP contribution < -0.4 is 10.6 Å². The van der Waals surface area contributed by atoms with E-state index in [1.165, 1.54) is 11.8 Å². The van der Waals surface area contributed by atoms with Crippen LogP contribution in [0.1, 0.15) is 69.8 Å². The van der Waals surface area contributed by atoms with Gasteiger partial charge in [0.25, 0.3) is 5.91 Å². The lowest BCUT2D eigenvalue weighted by molar-refractivity contribution is -0.115. The Hall–Kier alpha value is -5.55. The third-order valence-electron chi connectivity index (χ3n) is 6.75. The van der Waals surface area contributed by atoms with Crippen molar-refractivity contribution in [2.24, 2.45) is 0 Å². The van der Waals surface area contributed by atoms with Crippen molar-refractivity contribution in [3.05, 3.63) is 124 Å². The molecule has 2 amide bonds. The summed E-state index contributed by atoms with van der Waals surface area (Å²) in [6.07, 6.45) is 0. The molecule has 0 spiro atoms. The van der Waals surface area contributed by atoms with Crippen LogP contribution in [0.5, 0.6) is 0 Å². The van der Waals surface area contributed by atoms with Gasteiger partial charge in [0, 0.05) is 27.3 Å². The standard InChI is InChI=1S/C32H22N2O8S/c1-16(29(37)34-25-8-4-7-23-26(25)28(36)21-6-3-2-5-20(21)27(23)35)43-19-12-10-18(11-13-19)33-30(38)22-14-9-17(31(39)40)15-24(22)32(41)42/h2-16H,1H3,(H,33,38)(H,34,37)(H,39,40)(H,41,42). The monoisotopic (exact) mass is 594 g/mol. The average molecular weight is 595 g/mol. The number of ketones is 2. The van der Waals surface area contributed by atoms with Gasteiger partial charge in [0.2, 0.25) is 5.91 Å². The molecule has 1 aliphatic carbocycles. The van der Waals surface area contributed by atoms with Crippen molar-refractivity contribution >= 4 is 58.5 Å². The van der Waals surface area contributed by atoms with Crippen molar-refractivity contribution in [3.8, 4) is 0 Å². The van der Waals surface area contributed by atoms with E-state index >= 15 is 0 Å². The van der Waals surface area contributed by atoms with E-state index in [0.29, 0.717) is 16.1 Å². The summed E-state index contributed by atoms with van der Waals surface area (Å²) in [4.78, 5) is 75.5. The third-order valence-corrected chi connectivity index (χ3v) is 7.86. The van der Waals surface area contributed by atoms with Gasteiger partial charge >= 0.3 is 11.9 Å². The molecule has 0 saturated carbocycles. The van der Waals surface area contributed by atoms with Gasteiger partial charge in [-0.25, -0.2) is 9.59 Å². The predicted octanol–water partition coefficient (Wildman–Crippen LogP) is 5.23. The lowest BCUT2D eigenvalue weighted by Crippen LogP contribution is -2.27. The Morgan fingerprint density at radius 1 is 0.698 bits per heavy atom. The molecule has 0 saturated heterocycles. The number of thioether (sulfide) groups is 1. The first-order valence-corrected chi connectivity index (χ1v) is 13.7. The van der Waals surface area contributed by atoms with Crippen molar-refractivity contribution in [1.82, 2.24) is 0 Å². The fourth-order valence-corrected chi connectivity index (χ4v) is 5.48. The molecule has 1 unspecified atom stereocenters. The molecular weight excluding hydrogens is 572 g/mol. The Bertz CT molecular complexity index is 1850. The molecule has 43 heavy (non-hydrogen) atoms. The molecule has 5 rings (SSSR count). The quantitative estimate of drug-likeness (QED) is 0.176. The van der Waals surface area contributed by atoms with Crippen LogP contribution >= 0.6 is 11.8 Å². The van der Waals surface area contributed by atoms with Crippen molar-refractivity contribution < 1.29 is 39.0 Å². The van der Waals surface area contributed by atoms with E-state index in [1.807, 2.05) is 0 Å². The lowest BCUT2D eigenvalue weighted by atomic mass is 9.83. The maximum atomic E-state index is 13.2. The molecule has 11 heteroatoms. The van der Waals surface area contributed by atoms with Crippen LogP contribution in [-0.4, -0.2) is 50.8 Å². The van der Waals surface area contributed by atoms with Crippen LogP contribution in [0.2, 0.25) is 0 Å². The number of carboxylic acids is 2. The Morgan fingerprint density at radius 3 is 2.00 bits per heavy atom. The predicted molar refractivity (Wildman–Crippen MR) is 158 cm³/mol. The number of anilines is 2. The number of carbonyl (C=O) groups is 6. The number of amides is 2. The first kappa shape index (κ1) is 29.0. The highest BCUT2D eigenvalue weighted by molar-refractivity contribution is 8.00. The second-order valence-electron chi connectivity index (χ2n) is 9.53. The molecule has 0 bridgehead atoms. The maximum absolute atomic E-state index is 13.2. The van der Waals surface area contributed by atoms with E-state index in [1.54, 1.807) is 73.7 Å². The largest absolute Gasteiger partial charge is 0.478 e. The number of carboxylic acid groups (broad SMARTS) is 2. The van der Waals surface area contributed by atoms with Crippen LogP contribution in [0.25, 0.3) is 0 Å². The number of hydrogen-bond acceptors (Lipinski definition) is 7. The zero-order valence-corrected chi connectivity index (χ0v) is 23.2. The van der Waals surface area contributed by atoms with Crippen LogP contribution in [0.15, 0.2) is 89.8 Å². The number of hydrogen-bond donors (Lipinski definition) is 4. The Morgan fingerprint density at radius 2 is 1.35 bits per heavy atom. The van der Waals surface area contributed by atoms with E-state index in [0.717, 1.165) is 18.2 Å². The van der Waals surface area contributed by atoms with Gasteiger partial charge in [0.15, 0.2) is 11.6 Å². The number of nitrogens with one attached hydrogen (secondary N) is 2. The van der Waals surface area contributed by atoms with E-state index in [9.17, 15) is 33.9 Å². The second-order valence-corrected chi connectivity index (χ2v) is 10.9. The maximum Gasteiger partial charge on any atom is 0.336 e. The zero-order chi connectivity index (χ0) is 30.8. The highest BCUT2D eigenvalue weighted by Crippen LogP contribution is 2.33. The van der Waals surface area contributed by atoms with Gasteiger partial charge in [-0.1, -0.05) is 36.4 Å². The minimum Gasteiger partial charge on any atom is -0.478 e. The molecule has 0 radical (unpaired) electrons. The van der Waals surface area contributed by atoms with E-state index < -0.39 is 28.7 Å².